The highest BCUT2D eigenvalue weighted by atomic mass is 32.1. The summed E-state index contributed by atoms with van der Waals surface area (Å²) in [6, 6.07) is 6.70. The number of carbonyl (C=O) groups is 1. The summed E-state index contributed by atoms with van der Waals surface area (Å²) in [6.07, 6.45) is -2.72. The molecule has 3 heterocycles. The second-order valence-corrected chi connectivity index (χ2v) is 13.9. The number of rotatable bonds is 11. The van der Waals surface area contributed by atoms with E-state index >= 15 is 0 Å². The Hall–Kier alpha value is -2.78. The minimum Gasteiger partial charge on any atom is -0.462 e. The van der Waals surface area contributed by atoms with Gasteiger partial charge < -0.3 is 19.1 Å². The number of aliphatic hydroxyl groups excluding tert-OH is 1. The molecule has 2 aromatic heterocycles. The standard InChI is InChI=1S/C26H33N4O9PS2/c1-14(2)37-23(33)15(3)29-40(35,39-18-8-6-17(7-9-18)19-13-42-16(4)27-19)36-12-20-22(32)26(5,41)24(38-20)30-11-10-21(31)28-25(30)34/h6-11,13-15,20,22,24,32,41H,12H2,1-5H3,(H,29,35)(H,28,31,34)/t15-,20+,22+,24+,26+,40?/m0/s1. The smallest absolute Gasteiger partial charge is 0.459 e. The van der Waals surface area contributed by atoms with Crippen LogP contribution in [-0.4, -0.2) is 61.3 Å². The van der Waals surface area contributed by atoms with Gasteiger partial charge in [-0.2, -0.15) is 17.7 Å². The molecule has 0 saturated carbocycles. The number of hydrogen-bond donors (Lipinski definition) is 4. The summed E-state index contributed by atoms with van der Waals surface area (Å²) in [5.74, 6) is -0.500. The number of hydrogen-bond acceptors (Lipinski definition) is 12. The van der Waals surface area contributed by atoms with Gasteiger partial charge >= 0.3 is 19.4 Å². The molecule has 3 N–H and O–H groups in total. The zero-order valence-corrected chi connectivity index (χ0v) is 26.2. The first-order valence-corrected chi connectivity index (χ1v) is 15.9. The fourth-order valence-electron chi connectivity index (χ4n) is 4.20. The molecule has 1 aliphatic heterocycles. The highest BCUT2D eigenvalue weighted by Gasteiger charge is 2.53. The summed E-state index contributed by atoms with van der Waals surface area (Å²) in [4.78, 5) is 43.0. The summed E-state index contributed by atoms with van der Waals surface area (Å²) < 4.78 is 36.3. The van der Waals surface area contributed by atoms with E-state index in [1.54, 1.807) is 45.0 Å². The predicted octanol–water partition coefficient (Wildman–Crippen LogP) is 3.05. The number of aromatic amines is 1. The maximum absolute atomic E-state index is 14.0. The van der Waals surface area contributed by atoms with Crippen LogP contribution in [0.15, 0.2) is 51.5 Å². The molecule has 1 aliphatic rings. The van der Waals surface area contributed by atoms with Crippen molar-refractivity contribution in [2.75, 3.05) is 6.61 Å². The number of carbonyl (C=O) groups excluding carboxylic acids is 1. The molecule has 1 saturated heterocycles. The lowest BCUT2D eigenvalue weighted by atomic mass is 10.0. The van der Waals surface area contributed by atoms with Crippen LogP contribution in [-0.2, 0) is 23.4 Å². The summed E-state index contributed by atoms with van der Waals surface area (Å²) >= 11 is 6.03. The van der Waals surface area contributed by atoms with Crippen molar-refractivity contribution >= 4 is 37.7 Å². The average molecular weight is 641 g/mol. The Bertz CT molecular complexity index is 1570. The minimum absolute atomic E-state index is 0.176. The van der Waals surface area contributed by atoms with Crippen LogP contribution >= 0.6 is 31.7 Å². The molecular weight excluding hydrogens is 607 g/mol. The number of nitrogens with zero attached hydrogens (tertiary/aromatic N) is 2. The molecule has 0 bridgehead atoms. The molecule has 0 aliphatic carbocycles. The van der Waals surface area contributed by atoms with Gasteiger partial charge in [-0.25, -0.2) is 14.3 Å². The Morgan fingerprint density at radius 2 is 1.98 bits per heavy atom. The Kier molecular flexibility index (Phi) is 9.82. The number of esters is 1. The van der Waals surface area contributed by atoms with Crippen LogP contribution < -0.4 is 20.9 Å². The van der Waals surface area contributed by atoms with Crippen LogP contribution in [0.1, 0.15) is 38.9 Å². The van der Waals surface area contributed by atoms with Crippen molar-refractivity contribution in [2.24, 2.45) is 0 Å². The van der Waals surface area contributed by atoms with E-state index in [4.69, 9.17) is 18.5 Å². The van der Waals surface area contributed by atoms with Crippen molar-refractivity contribution < 1.29 is 33.0 Å². The van der Waals surface area contributed by atoms with Gasteiger partial charge in [0.15, 0.2) is 6.23 Å². The Morgan fingerprint density at radius 3 is 2.57 bits per heavy atom. The normalized spacial score (nSPS) is 24.3. The fraction of sp³-hybridized carbons (Fsp3) is 0.462. The molecule has 0 radical (unpaired) electrons. The Morgan fingerprint density at radius 1 is 1.29 bits per heavy atom. The van der Waals surface area contributed by atoms with Crippen molar-refractivity contribution in [1.29, 1.82) is 0 Å². The van der Waals surface area contributed by atoms with Gasteiger partial charge in [-0.15, -0.1) is 11.3 Å². The van der Waals surface area contributed by atoms with Crippen molar-refractivity contribution in [3.8, 4) is 17.0 Å². The van der Waals surface area contributed by atoms with Gasteiger partial charge in [0.25, 0.3) is 5.56 Å². The molecule has 0 spiro atoms. The van der Waals surface area contributed by atoms with Gasteiger partial charge in [0.2, 0.25) is 0 Å². The maximum Gasteiger partial charge on any atom is 0.459 e. The van der Waals surface area contributed by atoms with E-state index in [0.29, 0.717) is 0 Å². The van der Waals surface area contributed by atoms with Crippen LogP contribution in [0.25, 0.3) is 11.3 Å². The molecule has 1 fully saturated rings. The molecule has 13 nitrogen and oxygen atoms in total. The number of ether oxygens (including phenoxy) is 2. The number of aryl methyl sites for hydroxylation is 1. The Labute approximate surface area is 251 Å². The summed E-state index contributed by atoms with van der Waals surface area (Å²) in [5, 5.41) is 16.4. The number of H-pyrrole nitrogens is 1. The van der Waals surface area contributed by atoms with E-state index in [2.05, 4.69) is 27.7 Å². The number of thiol groups is 1. The summed E-state index contributed by atoms with van der Waals surface area (Å²) in [6.45, 7) is 7.78. The largest absolute Gasteiger partial charge is 0.462 e. The highest BCUT2D eigenvalue weighted by Crippen LogP contribution is 2.48. The third-order valence-corrected chi connectivity index (χ3v) is 9.22. The van der Waals surface area contributed by atoms with E-state index in [9.17, 15) is 24.1 Å². The van der Waals surface area contributed by atoms with E-state index in [1.807, 2.05) is 12.3 Å². The highest BCUT2D eigenvalue weighted by molar-refractivity contribution is 7.81. The molecule has 1 unspecified atom stereocenters. The van der Waals surface area contributed by atoms with Crippen molar-refractivity contribution in [1.82, 2.24) is 19.6 Å². The lowest BCUT2D eigenvalue weighted by molar-refractivity contribution is -0.149. The lowest BCUT2D eigenvalue weighted by Gasteiger charge is -2.28. The van der Waals surface area contributed by atoms with Gasteiger partial charge in [0.05, 0.1) is 28.2 Å². The lowest BCUT2D eigenvalue weighted by Crippen LogP contribution is -2.43. The third-order valence-electron chi connectivity index (χ3n) is 6.32. The maximum atomic E-state index is 14.0. The van der Waals surface area contributed by atoms with E-state index in [1.165, 1.54) is 24.5 Å². The van der Waals surface area contributed by atoms with Crippen LogP contribution in [0.3, 0.4) is 0 Å². The second-order valence-electron chi connectivity index (χ2n) is 10.2. The van der Waals surface area contributed by atoms with Gasteiger partial charge in [0.1, 0.15) is 24.0 Å². The predicted molar refractivity (Wildman–Crippen MR) is 159 cm³/mol. The molecule has 3 aromatic rings. The number of aromatic nitrogens is 3. The molecule has 1 aromatic carbocycles. The SMILES string of the molecule is Cc1nc(-c2ccc(OP(=O)(N[C@@H](C)C(=O)OC(C)C)OC[C@H]3O[C@@H](n4ccc(=O)[nH]c4=O)[C@](C)(S)[C@@H]3O)cc2)cs1. The van der Waals surface area contributed by atoms with Gasteiger partial charge in [-0.05, 0) is 58.9 Å². The number of benzene rings is 1. The van der Waals surface area contributed by atoms with E-state index in [0.717, 1.165) is 26.9 Å². The van der Waals surface area contributed by atoms with Crippen molar-refractivity contribution in [3.63, 3.8) is 0 Å². The fourth-order valence-corrected chi connectivity index (χ4v) is 6.67. The molecule has 228 valence electrons. The second kappa shape index (κ2) is 12.8. The van der Waals surface area contributed by atoms with Crippen LogP contribution in [0.4, 0.5) is 0 Å². The third kappa shape index (κ3) is 7.40. The number of thiazole rings is 1. The molecule has 0 amide bonds. The van der Waals surface area contributed by atoms with Crippen molar-refractivity contribution in [2.45, 2.75) is 69.9 Å². The number of aliphatic hydroxyl groups is 1. The minimum atomic E-state index is -4.30. The molecular formula is C26H33N4O9PS2. The van der Waals surface area contributed by atoms with Crippen LogP contribution in [0.5, 0.6) is 5.75 Å². The zero-order valence-electron chi connectivity index (χ0n) is 23.5. The molecule has 6 atom stereocenters. The average Bonchev–Trinajstić information content (AvgIpc) is 3.43. The molecule has 4 rings (SSSR count). The molecule has 16 heteroatoms. The van der Waals surface area contributed by atoms with Gasteiger partial charge in [0, 0.05) is 23.2 Å². The first-order chi connectivity index (χ1) is 19.7. The summed E-state index contributed by atoms with van der Waals surface area (Å²) in [7, 11) is -4.30. The molecule has 42 heavy (non-hydrogen) atoms. The Balaban J connectivity index is 1.54. The number of nitrogens with one attached hydrogen (secondary N) is 2. The zero-order chi connectivity index (χ0) is 30.8. The summed E-state index contributed by atoms with van der Waals surface area (Å²) in [5.41, 5.74) is 0.249. The topological polar surface area (TPSA) is 171 Å². The van der Waals surface area contributed by atoms with Gasteiger partial charge in [-0.3, -0.25) is 23.7 Å². The van der Waals surface area contributed by atoms with Crippen LogP contribution in [0, 0.1) is 6.92 Å². The first-order valence-electron chi connectivity index (χ1n) is 13.0. The van der Waals surface area contributed by atoms with Crippen molar-refractivity contribution in [3.05, 3.63) is 67.8 Å². The van der Waals surface area contributed by atoms with E-state index in [-0.39, 0.29) is 5.75 Å². The van der Waals surface area contributed by atoms with Crippen LogP contribution in [0.2, 0.25) is 0 Å². The monoisotopic (exact) mass is 640 g/mol. The van der Waals surface area contributed by atoms with Gasteiger partial charge in [-0.1, -0.05) is 0 Å². The van der Waals surface area contributed by atoms with E-state index < -0.39 is 66.9 Å². The first kappa shape index (κ1) is 32.1. The quantitative estimate of drug-likeness (QED) is 0.138.